The highest BCUT2D eigenvalue weighted by atomic mass is 32.2. The molecular formula is C17H23N3O2S. The van der Waals surface area contributed by atoms with E-state index in [9.17, 15) is 4.79 Å². The number of fused-ring (bicyclic) bond motifs is 1. The summed E-state index contributed by atoms with van der Waals surface area (Å²) in [4.78, 5) is 12.7. The molecule has 1 aromatic rings. The van der Waals surface area contributed by atoms with E-state index in [1.165, 1.54) is 5.56 Å². The molecule has 2 saturated heterocycles. The van der Waals surface area contributed by atoms with E-state index in [4.69, 9.17) is 4.74 Å². The number of rotatable bonds is 3. The Hall–Kier alpha value is -0.920. The van der Waals surface area contributed by atoms with Gasteiger partial charge in [0, 0.05) is 11.5 Å². The van der Waals surface area contributed by atoms with E-state index in [0.717, 1.165) is 44.3 Å². The number of carbonyl (C=O) groups is 1. The summed E-state index contributed by atoms with van der Waals surface area (Å²) < 4.78 is 6.10. The van der Waals surface area contributed by atoms with Crippen molar-refractivity contribution in [2.24, 2.45) is 5.92 Å². The number of ether oxygens (including phenoxy) is 1. The smallest absolute Gasteiger partial charge is 0.176 e. The summed E-state index contributed by atoms with van der Waals surface area (Å²) in [6.45, 7) is 2.11. The number of piperidine rings is 1. The fourth-order valence-electron chi connectivity index (χ4n) is 3.64. The molecule has 0 aromatic heterocycles. The van der Waals surface area contributed by atoms with Gasteiger partial charge in [-0.05, 0) is 44.3 Å². The number of hydrazine groups is 1. The third-order valence-corrected chi connectivity index (χ3v) is 6.22. The summed E-state index contributed by atoms with van der Waals surface area (Å²) >= 11 is 1.61. The molecule has 0 amide bonds. The minimum Gasteiger partial charge on any atom is -0.333 e. The van der Waals surface area contributed by atoms with Gasteiger partial charge in [-0.25, -0.2) is 10.9 Å². The molecule has 2 aliphatic heterocycles. The van der Waals surface area contributed by atoms with Gasteiger partial charge in [-0.1, -0.05) is 24.3 Å². The maximum atomic E-state index is 12.7. The van der Waals surface area contributed by atoms with Gasteiger partial charge in [0.25, 0.3) is 0 Å². The van der Waals surface area contributed by atoms with Crippen molar-refractivity contribution in [2.75, 3.05) is 13.1 Å². The molecule has 2 fully saturated rings. The van der Waals surface area contributed by atoms with E-state index in [0.29, 0.717) is 5.92 Å². The van der Waals surface area contributed by atoms with E-state index in [1.54, 1.807) is 11.8 Å². The van der Waals surface area contributed by atoms with Crippen molar-refractivity contribution in [2.45, 2.75) is 42.7 Å². The van der Waals surface area contributed by atoms with E-state index in [-0.39, 0.29) is 22.8 Å². The van der Waals surface area contributed by atoms with Gasteiger partial charge in [0.15, 0.2) is 11.3 Å². The summed E-state index contributed by atoms with van der Waals surface area (Å²) in [6, 6.07) is 7.97. The normalized spacial score (nSPS) is 32.0. The second-order valence-electron chi connectivity index (χ2n) is 6.45. The topological polar surface area (TPSA) is 62.4 Å². The molecule has 6 heteroatoms. The predicted octanol–water partition coefficient (Wildman–Crippen LogP) is 1.65. The van der Waals surface area contributed by atoms with Crippen LogP contribution < -0.4 is 16.2 Å². The lowest BCUT2D eigenvalue weighted by Crippen LogP contribution is -2.41. The second kappa shape index (κ2) is 6.91. The number of hydrogen-bond donors (Lipinski definition) is 3. The number of benzene rings is 1. The number of Topliss-reactive ketones (excluding diaryl/α,β-unsaturated/α-hetero) is 1. The minimum atomic E-state index is -0.144. The van der Waals surface area contributed by atoms with Crippen molar-refractivity contribution < 1.29 is 9.53 Å². The van der Waals surface area contributed by atoms with Crippen LogP contribution in [-0.4, -0.2) is 35.9 Å². The number of carbonyl (C=O) groups excluding carboxylic acids is 1. The molecule has 3 N–H and O–H groups in total. The van der Waals surface area contributed by atoms with Crippen LogP contribution in [0.2, 0.25) is 0 Å². The first kappa shape index (κ1) is 15.6. The Kier molecular flexibility index (Phi) is 4.68. The standard InChI is InChI=1S/C17H23N3O2S/c21-15-13-4-2-1-3-11(13)5-6-14(15)23-17-20-19-16(22-17)12-7-9-18-10-8-12/h1-4,12,14,16-20H,5-10H2. The van der Waals surface area contributed by atoms with Crippen LogP contribution >= 0.6 is 11.8 Å². The molecule has 0 spiro atoms. The Morgan fingerprint density at radius 2 is 1.91 bits per heavy atom. The van der Waals surface area contributed by atoms with Crippen LogP contribution in [0.25, 0.3) is 0 Å². The van der Waals surface area contributed by atoms with Gasteiger partial charge in [-0.15, -0.1) is 11.8 Å². The van der Waals surface area contributed by atoms with Crippen LogP contribution in [0.3, 0.4) is 0 Å². The van der Waals surface area contributed by atoms with Crippen molar-refractivity contribution in [1.29, 1.82) is 0 Å². The maximum Gasteiger partial charge on any atom is 0.176 e. The molecule has 3 aliphatic rings. The zero-order valence-electron chi connectivity index (χ0n) is 13.1. The molecule has 0 bridgehead atoms. The Morgan fingerprint density at radius 1 is 1.09 bits per heavy atom. The van der Waals surface area contributed by atoms with Gasteiger partial charge in [0.2, 0.25) is 0 Å². The molecule has 3 atom stereocenters. The first-order chi connectivity index (χ1) is 11.3. The fourth-order valence-corrected chi connectivity index (χ4v) is 4.77. The van der Waals surface area contributed by atoms with E-state index in [2.05, 4.69) is 22.2 Å². The van der Waals surface area contributed by atoms with Crippen molar-refractivity contribution in [3.8, 4) is 0 Å². The molecule has 2 heterocycles. The van der Waals surface area contributed by atoms with Gasteiger partial charge in [-0.3, -0.25) is 4.79 Å². The summed E-state index contributed by atoms with van der Waals surface area (Å²) in [5.74, 6) is 0.782. The summed E-state index contributed by atoms with van der Waals surface area (Å²) in [5, 5.41) is 3.36. The number of nitrogens with one attached hydrogen (secondary N) is 3. The number of aryl methyl sites for hydroxylation is 1. The van der Waals surface area contributed by atoms with Crippen molar-refractivity contribution in [3.05, 3.63) is 35.4 Å². The average molecular weight is 333 g/mol. The van der Waals surface area contributed by atoms with Crippen LogP contribution in [0.4, 0.5) is 0 Å². The first-order valence-corrected chi connectivity index (χ1v) is 9.40. The van der Waals surface area contributed by atoms with Gasteiger partial charge in [0.05, 0.1) is 5.25 Å². The molecule has 124 valence electrons. The van der Waals surface area contributed by atoms with E-state index in [1.807, 2.05) is 18.2 Å². The minimum absolute atomic E-state index is 0.0176. The van der Waals surface area contributed by atoms with Crippen LogP contribution in [-0.2, 0) is 11.2 Å². The Labute approximate surface area is 140 Å². The third-order valence-electron chi connectivity index (χ3n) is 4.96. The molecule has 3 unspecified atom stereocenters. The Bertz CT molecular complexity index is 577. The number of hydrogen-bond acceptors (Lipinski definition) is 6. The molecule has 23 heavy (non-hydrogen) atoms. The van der Waals surface area contributed by atoms with E-state index < -0.39 is 0 Å². The van der Waals surface area contributed by atoms with Crippen LogP contribution in [0.5, 0.6) is 0 Å². The lowest BCUT2D eigenvalue weighted by Gasteiger charge is -2.27. The Morgan fingerprint density at radius 3 is 2.78 bits per heavy atom. The van der Waals surface area contributed by atoms with Gasteiger partial charge < -0.3 is 10.1 Å². The lowest BCUT2D eigenvalue weighted by atomic mass is 9.90. The van der Waals surface area contributed by atoms with Crippen LogP contribution in [0.1, 0.15) is 35.2 Å². The van der Waals surface area contributed by atoms with Crippen LogP contribution in [0.15, 0.2) is 24.3 Å². The highest BCUT2D eigenvalue weighted by molar-refractivity contribution is 8.01. The predicted molar refractivity (Wildman–Crippen MR) is 91.0 cm³/mol. The SMILES string of the molecule is O=C1c2ccccc2CCC1SC1NNC(C2CCNCC2)O1. The zero-order valence-corrected chi connectivity index (χ0v) is 13.9. The average Bonchev–Trinajstić information content (AvgIpc) is 3.07. The highest BCUT2D eigenvalue weighted by Gasteiger charge is 2.36. The lowest BCUT2D eigenvalue weighted by molar-refractivity contribution is 0.0265. The second-order valence-corrected chi connectivity index (χ2v) is 7.72. The van der Waals surface area contributed by atoms with Gasteiger partial charge >= 0.3 is 0 Å². The summed E-state index contributed by atoms with van der Waals surface area (Å²) in [5.41, 5.74) is 8.40. The zero-order chi connectivity index (χ0) is 15.6. The summed E-state index contributed by atoms with van der Waals surface area (Å²) in [7, 11) is 0. The molecule has 1 aliphatic carbocycles. The molecule has 5 nitrogen and oxygen atoms in total. The molecule has 0 saturated carbocycles. The Balaban J connectivity index is 1.35. The monoisotopic (exact) mass is 333 g/mol. The largest absolute Gasteiger partial charge is 0.333 e. The summed E-state index contributed by atoms with van der Waals surface area (Å²) in [6.07, 6.45) is 4.18. The first-order valence-electron chi connectivity index (χ1n) is 8.46. The highest BCUT2D eigenvalue weighted by Crippen LogP contribution is 2.33. The van der Waals surface area contributed by atoms with Crippen molar-refractivity contribution in [3.63, 3.8) is 0 Å². The van der Waals surface area contributed by atoms with Crippen LogP contribution in [0, 0.1) is 5.92 Å². The quantitative estimate of drug-likeness (QED) is 0.782. The van der Waals surface area contributed by atoms with E-state index >= 15 is 0 Å². The molecule has 1 aromatic carbocycles. The van der Waals surface area contributed by atoms with Crippen molar-refractivity contribution in [1.82, 2.24) is 16.2 Å². The molecule has 0 radical (unpaired) electrons. The van der Waals surface area contributed by atoms with Gasteiger partial charge in [0.1, 0.15) is 6.23 Å². The fraction of sp³-hybridized carbons (Fsp3) is 0.588. The third kappa shape index (κ3) is 3.32. The maximum absolute atomic E-state index is 12.7. The number of ketones is 1. The van der Waals surface area contributed by atoms with Crippen molar-refractivity contribution >= 4 is 17.5 Å². The van der Waals surface area contributed by atoms with Gasteiger partial charge in [-0.2, -0.15) is 0 Å². The number of thioether (sulfide) groups is 1. The molecule has 4 rings (SSSR count). The molecular weight excluding hydrogens is 310 g/mol.